The van der Waals surface area contributed by atoms with Gasteiger partial charge in [0.2, 0.25) is 0 Å². The molecule has 3 heteroatoms. The number of rotatable bonds is 2. The van der Waals surface area contributed by atoms with Gasteiger partial charge in [0.15, 0.2) is 0 Å². The molecule has 2 N–H and O–H groups in total. The second-order valence-corrected chi connectivity index (χ2v) is 5.96. The standard InChI is InChI=1S/C18H13BrN2/c19-13-8-9-16-15(10-13)18(11-20-16)21-17-7-3-5-12-4-1-2-6-14(12)17/h1-11,20-21H. The van der Waals surface area contributed by atoms with Crippen molar-refractivity contribution < 1.29 is 0 Å². The highest BCUT2D eigenvalue weighted by molar-refractivity contribution is 9.10. The Balaban J connectivity index is 1.85. The number of fused-ring (bicyclic) bond motifs is 2. The van der Waals surface area contributed by atoms with Crippen LogP contribution in [-0.2, 0) is 0 Å². The molecule has 0 aliphatic rings. The summed E-state index contributed by atoms with van der Waals surface area (Å²) in [7, 11) is 0. The van der Waals surface area contributed by atoms with Crippen LogP contribution in [0.5, 0.6) is 0 Å². The third-order valence-corrected chi connectivity index (χ3v) is 4.20. The SMILES string of the molecule is Brc1ccc2[nH]cc(Nc3cccc4ccccc34)c2c1. The van der Waals surface area contributed by atoms with Crippen LogP contribution in [0.15, 0.2) is 71.3 Å². The first-order valence-electron chi connectivity index (χ1n) is 6.83. The van der Waals surface area contributed by atoms with Gasteiger partial charge in [0, 0.05) is 32.6 Å². The van der Waals surface area contributed by atoms with Crippen LogP contribution in [0.25, 0.3) is 21.7 Å². The summed E-state index contributed by atoms with van der Waals surface area (Å²) in [4.78, 5) is 3.30. The van der Waals surface area contributed by atoms with Crippen molar-refractivity contribution >= 4 is 49.0 Å². The molecule has 2 nitrogen and oxygen atoms in total. The third kappa shape index (κ3) is 2.20. The molecule has 102 valence electrons. The molecule has 4 rings (SSSR count). The van der Waals surface area contributed by atoms with E-state index in [-0.39, 0.29) is 0 Å². The molecule has 1 aromatic heterocycles. The Morgan fingerprint density at radius 1 is 0.810 bits per heavy atom. The Kier molecular flexibility index (Phi) is 2.93. The van der Waals surface area contributed by atoms with E-state index in [1.54, 1.807) is 0 Å². The van der Waals surface area contributed by atoms with Gasteiger partial charge in [-0.15, -0.1) is 0 Å². The first-order valence-corrected chi connectivity index (χ1v) is 7.62. The number of hydrogen-bond acceptors (Lipinski definition) is 1. The quantitative estimate of drug-likeness (QED) is 0.473. The Hall–Kier alpha value is -2.26. The Labute approximate surface area is 130 Å². The summed E-state index contributed by atoms with van der Waals surface area (Å²) in [6.07, 6.45) is 2.01. The number of nitrogens with one attached hydrogen (secondary N) is 2. The van der Waals surface area contributed by atoms with Crippen molar-refractivity contribution in [3.8, 4) is 0 Å². The topological polar surface area (TPSA) is 27.8 Å². The molecule has 0 saturated carbocycles. The van der Waals surface area contributed by atoms with Crippen molar-refractivity contribution in [2.75, 3.05) is 5.32 Å². The van der Waals surface area contributed by atoms with Crippen molar-refractivity contribution in [3.05, 3.63) is 71.3 Å². The lowest BCUT2D eigenvalue weighted by Gasteiger charge is -2.09. The smallest absolute Gasteiger partial charge is 0.0642 e. The molecule has 0 atom stereocenters. The van der Waals surface area contributed by atoms with E-state index >= 15 is 0 Å². The van der Waals surface area contributed by atoms with Crippen LogP contribution in [0, 0.1) is 0 Å². The summed E-state index contributed by atoms with van der Waals surface area (Å²) < 4.78 is 1.08. The van der Waals surface area contributed by atoms with Gasteiger partial charge in [0.25, 0.3) is 0 Å². The van der Waals surface area contributed by atoms with E-state index in [4.69, 9.17) is 0 Å². The van der Waals surface area contributed by atoms with Crippen molar-refractivity contribution in [1.82, 2.24) is 4.98 Å². The number of H-pyrrole nitrogens is 1. The molecule has 21 heavy (non-hydrogen) atoms. The molecule has 0 aliphatic carbocycles. The average Bonchev–Trinajstić information content (AvgIpc) is 2.90. The van der Waals surface area contributed by atoms with E-state index in [1.807, 2.05) is 12.3 Å². The molecule has 4 aromatic rings. The zero-order valence-corrected chi connectivity index (χ0v) is 12.8. The summed E-state index contributed by atoms with van der Waals surface area (Å²) in [6, 6.07) is 21.0. The maximum atomic E-state index is 3.55. The Morgan fingerprint density at radius 3 is 2.62 bits per heavy atom. The molecule has 0 amide bonds. The predicted molar refractivity (Wildman–Crippen MR) is 93.2 cm³/mol. The van der Waals surface area contributed by atoms with Crippen LogP contribution in [0.4, 0.5) is 11.4 Å². The fourth-order valence-corrected chi connectivity index (χ4v) is 3.04. The first kappa shape index (κ1) is 12.5. The summed E-state index contributed by atoms with van der Waals surface area (Å²) in [5, 5.41) is 7.19. The molecule has 1 heterocycles. The van der Waals surface area contributed by atoms with Crippen molar-refractivity contribution in [1.29, 1.82) is 0 Å². The van der Waals surface area contributed by atoms with E-state index in [1.165, 1.54) is 16.2 Å². The molecule has 0 spiro atoms. The van der Waals surface area contributed by atoms with Crippen LogP contribution < -0.4 is 5.32 Å². The summed E-state index contributed by atoms with van der Waals surface area (Å²) >= 11 is 3.53. The normalized spacial score (nSPS) is 11.1. The zero-order valence-electron chi connectivity index (χ0n) is 11.2. The summed E-state index contributed by atoms with van der Waals surface area (Å²) in [5.41, 5.74) is 3.33. The monoisotopic (exact) mass is 336 g/mol. The van der Waals surface area contributed by atoms with Gasteiger partial charge in [-0.1, -0.05) is 52.3 Å². The van der Waals surface area contributed by atoms with E-state index in [9.17, 15) is 0 Å². The van der Waals surface area contributed by atoms with Gasteiger partial charge in [-0.25, -0.2) is 0 Å². The summed E-state index contributed by atoms with van der Waals surface area (Å²) in [5.74, 6) is 0. The van der Waals surface area contributed by atoms with Crippen molar-refractivity contribution in [2.24, 2.45) is 0 Å². The van der Waals surface area contributed by atoms with E-state index in [0.717, 1.165) is 21.4 Å². The number of aromatic nitrogens is 1. The average molecular weight is 337 g/mol. The van der Waals surface area contributed by atoms with E-state index < -0.39 is 0 Å². The molecule has 0 radical (unpaired) electrons. The second-order valence-electron chi connectivity index (χ2n) is 5.04. The van der Waals surface area contributed by atoms with Gasteiger partial charge in [0.05, 0.1) is 5.69 Å². The fraction of sp³-hybridized carbons (Fsp3) is 0. The zero-order chi connectivity index (χ0) is 14.2. The van der Waals surface area contributed by atoms with Crippen LogP contribution in [0.3, 0.4) is 0 Å². The van der Waals surface area contributed by atoms with Crippen LogP contribution in [0.2, 0.25) is 0 Å². The highest BCUT2D eigenvalue weighted by Gasteiger charge is 2.06. The molecule has 0 saturated heterocycles. The van der Waals surface area contributed by atoms with Gasteiger partial charge in [-0.2, -0.15) is 0 Å². The van der Waals surface area contributed by atoms with E-state index in [2.05, 4.69) is 80.8 Å². The number of hydrogen-bond donors (Lipinski definition) is 2. The molecule has 0 fully saturated rings. The fourth-order valence-electron chi connectivity index (χ4n) is 2.68. The minimum absolute atomic E-state index is 1.08. The Bertz CT molecular complexity index is 935. The van der Waals surface area contributed by atoms with Gasteiger partial charge in [-0.3, -0.25) is 0 Å². The maximum Gasteiger partial charge on any atom is 0.0642 e. The molecule has 0 aliphatic heterocycles. The van der Waals surface area contributed by atoms with Crippen LogP contribution in [0.1, 0.15) is 0 Å². The minimum atomic E-state index is 1.08. The number of aromatic amines is 1. The van der Waals surface area contributed by atoms with Crippen molar-refractivity contribution in [3.63, 3.8) is 0 Å². The van der Waals surface area contributed by atoms with Gasteiger partial charge >= 0.3 is 0 Å². The highest BCUT2D eigenvalue weighted by atomic mass is 79.9. The lowest BCUT2D eigenvalue weighted by atomic mass is 10.1. The van der Waals surface area contributed by atoms with Gasteiger partial charge in [0.1, 0.15) is 0 Å². The first-order chi connectivity index (χ1) is 10.3. The lowest BCUT2D eigenvalue weighted by Crippen LogP contribution is -1.90. The highest BCUT2D eigenvalue weighted by Crippen LogP contribution is 2.31. The minimum Gasteiger partial charge on any atom is -0.359 e. The molecule has 0 unspecified atom stereocenters. The van der Waals surface area contributed by atoms with Gasteiger partial charge in [-0.05, 0) is 29.7 Å². The molecular formula is C18H13BrN2. The molecule has 0 bridgehead atoms. The lowest BCUT2D eigenvalue weighted by molar-refractivity contribution is 1.47. The summed E-state index contributed by atoms with van der Waals surface area (Å²) in [6.45, 7) is 0. The number of halogens is 1. The Morgan fingerprint density at radius 2 is 1.67 bits per heavy atom. The van der Waals surface area contributed by atoms with Gasteiger partial charge < -0.3 is 10.3 Å². The van der Waals surface area contributed by atoms with Crippen LogP contribution >= 0.6 is 15.9 Å². The number of anilines is 2. The molecular weight excluding hydrogens is 324 g/mol. The predicted octanol–water partition coefficient (Wildman–Crippen LogP) is 5.83. The second kappa shape index (κ2) is 4.93. The number of benzene rings is 3. The van der Waals surface area contributed by atoms with E-state index in [0.29, 0.717) is 0 Å². The maximum absolute atomic E-state index is 3.55. The third-order valence-electron chi connectivity index (χ3n) is 3.70. The molecule has 3 aromatic carbocycles. The van der Waals surface area contributed by atoms with Crippen molar-refractivity contribution in [2.45, 2.75) is 0 Å². The largest absolute Gasteiger partial charge is 0.359 e. The van der Waals surface area contributed by atoms with Crippen LogP contribution in [-0.4, -0.2) is 4.98 Å².